The molecular formula is C16H20Cl2N2. The molecule has 20 heavy (non-hydrogen) atoms. The van der Waals surface area contributed by atoms with Crippen molar-refractivity contribution in [1.29, 1.82) is 0 Å². The number of nitrogens with zero attached hydrogens (tertiary/aromatic N) is 2. The quantitative estimate of drug-likeness (QED) is 0.647. The Balaban J connectivity index is 2.13. The van der Waals surface area contributed by atoms with Gasteiger partial charge in [0.25, 0.3) is 0 Å². The highest BCUT2D eigenvalue weighted by Crippen LogP contribution is 2.38. The molecule has 1 aliphatic carbocycles. The monoisotopic (exact) mass is 310 g/mol. The van der Waals surface area contributed by atoms with E-state index in [2.05, 4.69) is 11.5 Å². The summed E-state index contributed by atoms with van der Waals surface area (Å²) in [5, 5.41) is 0.676. The average Bonchev–Trinajstić information content (AvgIpc) is 2.81. The molecule has 0 aliphatic heterocycles. The molecular weight excluding hydrogens is 291 g/mol. The average molecular weight is 311 g/mol. The van der Waals surface area contributed by atoms with Crippen molar-refractivity contribution in [3.63, 3.8) is 0 Å². The van der Waals surface area contributed by atoms with Crippen LogP contribution in [0.25, 0.3) is 11.0 Å². The second kappa shape index (κ2) is 5.57. The van der Waals surface area contributed by atoms with Crippen molar-refractivity contribution in [3.8, 4) is 0 Å². The van der Waals surface area contributed by atoms with Gasteiger partial charge < -0.3 is 4.57 Å². The number of para-hydroxylation sites is 1. The lowest BCUT2D eigenvalue weighted by atomic mass is 9.87. The van der Waals surface area contributed by atoms with Crippen LogP contribution in [0.3, 0.4) is 0 Å². The number of benzene rings is 1. The molecule has 4 heteroatoms. The van der Waals surface area contributed by atoms with Crippen LogP contribution in [0.5, 0.6) is 0 Å². The molecule has 3 rings (SSSR count). The number of imidazole rings is 1. The van der Waals surface area contributed by atoms with Crippen LogP contribution >= 0.6 is 23.2 Å². The molecule has 108 valence electrons. The topological polar surface area (TPSA) is 17.8 Å². The van der Waals surface area contributed by atoms with Gasteiger partial charge in [0.15, 0.2) is 0 Å². The Bertz CT molecular complexity index is 610. The lowest BCUT2D eigenvalue weighted by Crippen LogP contribution is -2.19. The van der Waals surface area contributed by atoms with Crippen LogP contribution in [0.15, 0.2) is 18.2 Å². The highest BCUT2D eigenvalue weighted by molar-refractivity contribution is 6.35. The van der Waals surface area contributed by atoms with E-state index in [1.165, 1.54) is 25.7 Å². The van der Waals surface area contributed by atoms with Crippen LogP contribution in [-0.2, 0) is 0 Å². The summed E-state index contributed by atoms with van der Waals surface area (Å²) in [5.41, 5.74) is 2.01. The second-order valence-electron chi connectivity index (χ2n) is 5.98. The van der Waals surface area contributed by atoms with E-state index in [0.29, 0.717) is 6.04 Å². The number of halogens is 2. The molecule has 1 aromatic carbocycles. The molecule has 1 aromatic heterocycles. The third kappa shape index (κ3) is 2.44. The second-order valence-corrected chi connectivity index (χ2v) is 7.04. The molecule has 2 nitrogen and oxygen atoms in total. The number of hydrogen-bond acceptors (Lipinski definition) is 1. The van der Waals surface area contributed by atoms with Crippen molar-refractivity contribution < 1.29 is 0 Å². The van der Waals surface area contributed by atoms with Gasteiger partial charge in [-0.15, -0.1) is 11.6 Å². The summed E-state index contributed by atoms with van der Waals surface area (Å²) in [6.07, 6.45) is 4.92. The van der Waals surface area contributed by atoms with Crippen molar-refractivity contribution in [2.45, 2.75) is 50.9 Å². The minimum absolute atomic E-state index is 0.0992. The van der Waals surface area contributed by atoms with Gasteiger partial charge in [-0.1, -0.05) is 24.6 Å². The summed E-state index contributed by atoms with van der Waals surface area (Å²) >= 11 is 12.8. The Kier molecular flexibility index (Phi) is 3.96. The molecule has 1 heterocycles. The number of rotatable bonds is 2. The van der Waals surface area contributed by atoms with E-state index in [4.69, 9.17) is 28.2 Å². The fourth-order valence-electron chi connectivity index (χ4n) is 3.28. The Morgan fingerprint density at radius 1 is 1.25 bits per heavy atom. The molecule has 1 atom stereocenters. The molecule has 1 aliphatic rings. The summed E-state index contributed by atoms with van der Waals surface area (Å²) in [6.45, 7) is 4.32. The van der Waals surface area contributed by atoms with Gasteiger partial charge in [0.1, 0.15) is 5.82 Å². The molecule has 0 saturated heterocycles. The van der Waals surface area contributed by atoms with E-state index in [0.717, 1.165) is 27.8 Å². The van der Waals surface area contributed by atoms with E-state index in [1.807, 2.05) is 25.1 Å². The van der Waals surface area contributed by atoms with Gasteiger partial charge in [0.2, 0.25) is 0 Å². The summed E-state index contributed by atoms with van der Waals surface area (Å²) in [7, 11) is 0. The zero-order chi connectivity index (χ0) is 14.3. The fourth-order valence-corrected chi connectivity index (χ4v) is 3.69. The van der Waals surface area contributed by atoms with Gasteiger partial charge in [-0.05, 0) is 50.7 Å². The first kappa shape index (κ1) is 14.2. The van der Waals surface area contributed by atoms with Gasteiger partial charge in [-0.25, -0.2) is 4.98 Å². The highest BCUT2D eigenvalue weighted by atomic mass is 35.5. The normalized spacial score (nSPS) is 25.0. The standard InChI is InChI=1S/C16H20Cl2N2/c1-10-6-8-12(9-7-10)20-15-13(18)4-3-5-14(15)19-16(20)11(2)17/h3-5,10-12H,6-9H2,1-2H3. The van der Waals surface area contributed by atoms with Gasteiger partial charge in [0.05, 0.1) is 21.4 Å². The molecule has 0 N–H and O–H groups in total. The van der Waals surface area contributed by atoms with Crippen molar-refractivity contribution in [3.05, 3.63) is 29.0 Å². The van der Waals surface area contributed by atoms with Gasteiger partial charge in [-0.2, -0.15) is 0 Å². The Morgan fingerprint density at radius 3 is 2.60 bits per heavy atom. The van der Waals surface area contributed by atoms with E-state index in [9.17, 15) is 0 Å². The minimum atomic E-state index is -0.0992. The lowest BCUT2D eigenvalue weighted by Gasteiger charge is -2.29. The molecule has 0 radical (unpaired) electrons. The van der Waals surface area contributed by atoms with Gasteiger partial charge >= 0.3 is 0 Å². The SMILES string of the molecule is CC1CCC(n2c(C(C)Cl)nc3cccc(Cl)c32)CC1. The van der Waals surface area contributed by atoms with E-state index >= 15 is 0 Å². The van der Waals surface area contributed by atoms with Crippen LogP contribution < -0.4 is 0 Å². The van der Waals surface area contributed by atoms with Crippen LogP contribution in [0.1, 0.15) is 56.8 Å². The zero-order valence-electron chi connectivity index (χ0n) is 11.9. The molecule has 0 amide bonds. The zero-order valence-corrected chi connectivity index (χ0v) is 13.5. The van der Waals surface area contributed by atoms with Crippen molar-refractivity contribution in [2.75, 3.05) is 0 Å². The number of alkyl halides is 1. The fraction of sp³-hybridized carbons (Fsp3) is 0.562. The molecule has 1 unspecified atom stereocenters. The Morgan fingerprint density at radius 2 is 1.95 bits per heavy atom. The Labute approximate surface area is 130 Å². The smallest absolute Gasteiger partial charge is 0.128 e. The lowest BCUT2D eigenvalue weighted by molar-refractivity contribution is 0.289. The van der Waals surface area contributed by atoms with Crippen molar-refractivity contribution in [2.24, 2.45) is 5.92 Å². The molecule has 1 saturated carbocycles. The number of hydrogen-bond donors (Lipinski definition) is 0. The predicted octanol–water partition coefficient (Wildman–Crippen LogP) is 5.74. The van der Waals surface area contributed by atoms with E-state index in [1.54, 1.807) is 0 Å². The van der Waals surface area contributed by atoms with Gasteiger partial charge in [-0.3, -0.25) is 0 Å². The first-order valence-electron chi connectivity index (χ1n) is 7.38. The van der Waals surface area contributed by atoms with Crippen LogP contribution in [0, 0.1) is 5.92 Å². The summed E-state index contributed by atoms with van der Waals surface area (Å²) in [5.74, 6) is 1.78. The maximum absolute atomic E-state index is 6.42. The third-order valence-electron chi connectivity index (χ3n) is 4.39. The van der Waals surface area contributed by atoms with Crippen molar-refractivity contribution >= 4 is 34.2 Å². The first-order valence-corrected chi connectivity index (χ1v) is 8.19. The summed E-state index contributed by atoms with van der Waals surface area (Å²) in [6, 6.07) is 6.39. The minimum Gasteiger partial charge on any atom is -0.322 e. The summed E-state index contributed by atoms with van der Waals surface area (Å²) in [4.78, 5) is 4.71. The highest BCUT2D eigenvalue weighted by Gasteiger charge is 2.26. The Hall–Kier alpha value is -0.730. The van der Waals surface area contributed by atoms with E-state index < -0.39 is 0 Å². The van der Waals surface area contributed by atoms with Gasteiger partial charge in [0, 0.05) is 6.04 Å². The molecule has 0 spiro atoms. The van der Waals surface area contributed by atoms with Crippen LogP contribution in [0.4, 0.5) is 0 Å². The third-order valence-corrected chi connectivity index (χ3v) is 4.89. The number of aromatic nitrogens is 2. The molecule has 0 bridgehead atoms. The maximum atomic E-state index is 6.42. The first-order chi connectivity index (χ1) is 9.58. The summed E-state index contributed by atoms with van der Waals surface area (Å²) < 4.78 is 2.31. The van der Waals surface area contributed by atoms with E-state index in [-0.39, 0.29) is 5.38 Å². The number of fused-ring (bicyclic) bond motifs is 1. The predicted molar refractivity (Wildman–Crippen MR) is 85.7 cm³/mol. The largest absolute Gasteiger partial charge is 0.322 e. The molecule has 1 fully saturated rings. The van der Waals surface area contributed by atoms with Crippen LogP contribution in [0.2, 0.25) is 5.02 Å². The van der Waals surface area contributed by atoms with Crippen LogP contribution in [-0.4, -0.2) is 9.55 Å². The molecule has 2 aromatic rings. The maximum Gasteiger partial charge on any atom is 0.128 e. The van der Waals surface area contributed by atoms with Crippen molar-refractivity contribution in [1.82, 2.24) is 9.55 Å².